The van der Waals surface area contributed by atoms with E-state index in [1.54, 1.807) is 0 Å². The third kappa shape index (κ3) is 4.52. The van der Waals surface area contributed by atoms with Gasteiger partial charge in [-0.15, -0.1) is 0 Å². The molecule has 1 aliphatic rings. The lowest BCUT2D eigenvalue weighted by atomic mass is 10.1. The molecule has 2 aromatic carbocycles. The highest BCUT2D eigenvalue weighted by Gasteiger charge is 2.17. The van der Waals surface area contributed by atoms with Gasteiger partial charge in [0.15, 0.2) is 11.5 Å². The van der Waals surface area contributed by atoms with Crippen LogP contribution in [0.2, 0.25) is 0 Å². The maximum absolute atomic E-state index is 12.3. The van der Waals surface area contributed by atoms with Crippen LogP contribution in [0.5, 0.6) is 11.5 Å². The summed E-state index contributed by atoms with van der Waals surface area (Å²) in [5.41, 5.74) is 2.15. The van der Waals surface area contributed by atoms with Crippen LogP contribution in [0, 0.1) is 0 Å². The zero-order valence-corrected chi connectivity index (χ0v) is 15.9. The summed E-state index contributed by atoms with van der Waals surface area (Å²) in [5, 5.41) is 3.03. The van der Waals surface area contributed by atoms with Gasteiger partial charge in [-0.1, -0.05) is 40.2 Å². The summed E-state index contributed by atoms with van der Waals surface area (Å²) in [6, 6.07) is 13.7. The first-order chi connectivity index (χ1) is 12.0. The van der Waals surface area contributed by atoms with E-state index in [2.05, 4.69) is 21.2 Å². The van der Waals surface area contributed by atoms with Crippen molar-refractivity contribution in [1.82, 2.24) is 10.2 Å². The number of carbonyl (C=O) groups is 1. The summed E-state index contributed by atoms with van der Waals surface area (Å²) in [5.74, 6) is 1.46. The minimum atomic E-state index is -0.0983. The van der Waals surface area contributed by atoms with Crippen molar-refractivity contribution in [3.63, 3.8) is 0 Å². The molecular formula is C19H21BrN2O3. The van der Waals surface area contributed by atoms with Crippen molar-refractivity contribution in [2.45, 2.75) is 19.5 Å². The number of benzene rings is 2. The van der Waals surface area contributed by atoms with E-state index in [1.165, 1.54) is 0 Å². The quantitative estimate of drug-likeness (QED) is 0.800. The summed E-state index contributed by atoms with van der Waals surface area (Å²) in [4.78, 5) is 14.3. The Morgan fingerprint density at radius 1 is 1.24 bits per heavy atom. The Labute approximate surface area is 156 Å². The number of nitrogens with zero attached hydrogens (tertiary/aromatic N) is 1. The number of nitrogens with one attached hydrogen (secondary N) is 1. The van der Waals surface area contributed by atoms with Crippen LogP contribution in [0.4, 0.5) is 0 Å². The molecule has 6 heteroatoms. The lowest BCUT2D eigenvalue weighted by molar-refractivity contribution is -0.122. The monoisotopic (exact) mass is 404 g/mol. The van der Waals surface area contributed by atoms with Gasteiger partial charge in [0.05, 0.1) is 12.6 Å². The van der Waals surface area contributed by atoms with Gasteiger partial charge in [0.25, 0.3) is 0 Å². The lowest BCUT2D eigenvalue weighted by Gasteiger charge is -2.20. The third-order valence-electron chi connectivity index (χ3n) is 4.09. The Balaban J connectivity index is 1.54. The van der Waals surface area contributed by atoms with Crippen LogP contribution in [0.1, 0.15) is 24.1 Å². The zero-order valence-electron chi connectivity index (χ0n) is 14.3. The van der Waals surface area contributed by atoms with Crippen molar-refractivity contribution in [2.75, 3.05) is 20.4 Å². The van der Waals surface area contributed by atoms with Crippen molar-refractivity contribution in [3.8, 4) is 11.5 Å². The molecule has 1 heterocycles. The van der Waals surface area contributed by atoms with Crippen LogP contribution in [0.25, 0.3) is 0 Å². The average Bonchev–Trinajstić information content (AvgIpc) is 3.04. The first kappa shape index (κ1) is 17.8. The Hall–Kier alpha value is -2.05. The molecule has 0 saturated carbocycles. The molecule has 2 aromatic rings. The Bertz CT molecular complexity index is 766. The highest BCUT2D eigenvalue weighted by Crippen LogP contribution is 2.34. The molecule has 0 saturated heterocycles. The second kappa shape index (κ2) is 7.89. The van der Waals surface area contributed by atoms with Gasteiger partial charge in [-0.25, -0.2) is 0 Å². The maximum Gasteiger partial charge on any atom is 0.234 e. The number of hydrogen-bond acceptors (Lipinski definition) is 4. The van der Waals surface area contributed by atoms with E-state index in [1.807, 2.05) is 61.3 Å². The molecule has 25 heavy (non-hydrogen) atoms. The van der Waals surface area contributed by atoms with E-state index in [4.69, 9.17) is 9.47 Å². The molecule has 1 unspecified atom stereocenters. The largest absolute Gasteiger partial charge is 0.454 e. The van der Waals surface area contributed by atoms with E-state index in [9.17, 15) is 4.79 Å². The fraction of sp³-hybridized carbons (Fsp3) is 0.316. The molecule has 132 valence electrons. The number of fused-ring (bicyclic) bond motifs is 1. The molecular weight excluding hydrogens is 384 g/mol. The molecule has 1 amide bonds. The minimum absolute atomic E-state index is 0.0141. The van der Waals surface area contributed by atoms with Crippen molar-refractivity contribution < 1.29 is 14.3 Å². The Kier molecular flexibility index (Phi) is 5.60. The molecule has 1 N–H and O–H groups in total. The summed E-state index contributed by atoms with van der Waals surface area (Å²) < 4.78 is 11.8. The predicted molar refractivity (Wildman–Crippen MR) is 99.6 cm³/mol. The molecule has 0 aliphatic carbocycles. The van der Waals surface area contributed by atoms with Crippen molar-refractivity contribution in [1.29, 1.82) is 0 Å². The van der Waals surface area contributed by atoms with Gasteiger partial charge in [-0.2, -0.15) is 0 Å². The van der Waals surface area contributed by atoms with Gasteiger partial charge >= 0.3 is 0 Å². The number of halogens is 1. The highest BCUT2D eigenvalue weighted by atomic mass is 79.9. The normalized spacial score (nSPS) is 13.8. The van der Waals surface area contributed by atoms with Crippen LogP contribution < -0.4 is 14.8 Å². The molecule has 0 radical (unpaired) electrons. The second-order valence-electron chi connectivity index (χ2n) is 6.17. The number of ether oxygens (including phenoxy) is 2. The molecule has 1 aliphatic heterocycles. The minimum Gasteiger partial charge on any atom is -0.454 e. The van der Waals surface area contributed by atoms with Crippen molar-refractivity contribution in [3.05, 3.63) is 58.1 Å². The maximum atomic E-state index is 12.3. The van der Waals surface area contributed by atoms with Crippen molar-refractivity contribution in [2.24, 2.45) is 0 Å². The summed E-state index contributed by atoms with van der Waals surface area (Å²) >= 11 is 3.54. The highest BCUT2D eigenvalue weighted by molar-refractivity contribution is 9.10. The molecule has 0 bridgehead atoms. The zero-order chi connectivity index (χ0) is 17.8. The Morgan fingerprint density at radius 2 is 2.00 bits per heavy atom. The number of hydrogen-bond donors (Lipinski definition) is 1. The van der Waals surface area contributed by atoms with Gasteiger partial charge in [0.2, 0.25) is 12.7 Å². The lowest BCUT2D eigenvalue weighted by Crippen LogP contribution is -2.36. The van der Waals surface area contributed by atoms with Crippen LogP contribution in [0.15, 0.2) is 46.9 Å². The number of carbonyl (C=O) groups excluding carboxylic acids is 1. The molecule has 0 spiro atoms. The van der Waals surface area contributed by atoms with Crippen LogP contribution in [0.3, 0.4) is 0 Å². The fourth-order valence-corrected chi connectivity index (χ4v) is 3.18. The van der Waals surface area contributed by atoms with Crippen LogP contribution >= 0.6 is 15.9 Å². The van der Waals surface area contributed by atoms with Gasteiger partial charge in [-0.3, -0.25) is 9.69 Å². The third-order valence-corrected chi connectivity index (χ3v) is 4.86. The number of likely N-dealkylation sites (N-methyl/N-ethyl adjacent to an activating group) is 1. The van der Waals surface area contributed by atoms with E-state index >= 15 is 0 Å². The standard InChI is InChI=1S/C19H21BrN2O3/c1-13(14-7-8-17-18(9-14)25-12-24-17)21-19(23)11-22(2)10-15-5-3-4-6-16(15)20/h3-9,13H,10-12H2,1-2H3,(H,21,23). The number of rotatable bonds is 6. The van der Waals surface area contributed by atoms with Crippen molar-refractivity contribution >= 4 is 21.8 Å². The van der Waals surface area contributed by atoms with Gasteiger partial charge in [0, 0.05) is 11.0 Å². The predicted octanol–water partition coefficient (Wildman–Crippen LogP) is 3.49. The van der Waals surface area contributed by atoms with E-state index in [0.29, 0.717) is 13.1 Å². The van der Waals surface area contributed by atoms with Gasteiger partial charge in [0.1, 0.15) is 0 Å². The molecule has 3 rings (SSSR count). The summed E-state index contributed by atoms with van der Waals surface area (Å²) in [6.45, 7) is 3.24. The topological polar surface area (TPSA) is 50.8 Å². The van der Waals surface area contributed by atoms with Crippen LogP contribution in [-0.4, -0.2) is 31.2 Å². The Morgan fingerprint density at radius 3 is 2.80 bits per heavy atom. The fourth-order valence-electron chi connectivity index (χ4n) is 2.77. The SMILES string of the molecule is CC(NC(=O)CN(C)Cc1ccccc1Br)c1ccc2c(c1)OCO2. The molecule has 0 aromatic heterocycles. The van der Waals surface area contributed by atoms with E-state index < -0.39 is 0 Å². The molecule has 0 fully saturated rings. The number of amides is 1. The molecule has 5 nitrogen and oxygen atoms in total. The smallest absolute Gasteiger partial charge is 0.234 e. The first-order valence-corrected chi connectivity index (χ1v) is 8.93. The summed E-state index contributed by atoms with van der Waals surface area (Å²) in [7, 11) is 1.93. The van der Waals surface area contributed by atoms with Gasteiger partial charge < -0.3 is 14.8 Å². The molecule has 1 atom stereocenters. The first-order valence-electron chi connectivity index (χ1n) is 8.14. The summed E-state index contributed by atoms with van der Waals surface area (Å²) in [6.07, 6.45) is 0. The van der Waals surface area contributed by atoms with Gasteiger partial charge in [-0.05, 0) is 43.3 Å². The van der Waals surface area contributed by atoms with E-state index in [0.717, 1.165) is 27.1 Å². The average molecular weight is 405 g/mol. The second-order valence-corrected chi connectivity index (χ2v) is 7.02. The van der Waals surface area contributed by atoms with E-state index in [-0.39, 0.29) is 18.7 Å². The van der Waals surface area contributed by atoms with Crippen LogP contribution in [-0.2, 0) is 11.3 Å².